The van der Waals surface area contributed by atoms with Crippen LogP contribution in [0.2, 0.25) is 0 Å². The summed E-state index contributed by atoms with van der Waals surface area (Å²) in [5.41, 5.74) is 1.38. The first-order valence-electron chi connectivity index (χ1n) is 11.8. The van der Waals surface area contributed by atoms with Crippen LogP contribution in [-0.4, -0.2) is 65.2 Å². The van der Waals surface area contributed by atoms with Gasteiger partial charge in [0.2, 0.25) is 11.8 Å². The van der Waals surface area contributed by atoms with Crippen molar-refractivity contribution in [1.82, 2.24) is 15.5 Å². The van der Waals surface area contributed by atoms with Gasteiger partial charge in [0.25, 0.3) is 5.91 Å². The van der Waals surface area contributed by atoms with Crippen LogP contribution in [-0.2, 0) is 25.7 Å². The molecule has 0 saturated heterocycles. The number of furan rings is 1. The van der Waals surface area contributed by atoms with Crippen molar-refractivity contribution in [2.75, 3.05) is 20.3 Å². The number of aliphatic imine (C=N–C) groups is 2. The molecular weight excluding hydrogens is 482 g/mol. The van der Waals surface area contributed by atoms with E-state index in [9.17, 15) is 14.4 Å². The summed E-state index contributed by atoms with van der Waals surface area (Å²) in [5, 5.41) is 5.62. The van der Waals surface area contributed by atoms with Gasteiger partial charge in [-0.1, -0.05) is 30.8 Å². The second-order valence-corrected chi connectivity index (χ2v) is 9.44. The fraction of sp³-hybridized carbons (Fsp3) is 0.400. The van der Waals surface area contributed by atoms with Gasteiger partial charge in [-0.3, -0.25) is 19.4 Å². The van der Waals surface area contributed by atoms with E-state index in [0.717, 1.165) is 0 Å². The first kappa shape index (κ1) is 25.6. The number of hydrogen-bond donors (Lipinski definition) is 2. The number of carbonyl (C=O) groups is 3. The number of nitrogens with one attached hydrogen (secondary N) is 2. The Morgan fingerprint density at radius 3 is 2.81 bits per heavy atom. The molecule has 3 heterocycles. The van der Waals surface area contributed by atoms with Crippen LogP contribution in [0.4, 0.5) is 5.69 Å². The number of hydrogen-bond acceptors (Lipinski definition) is 8. The van der Waals surface area contributed by atoms with Gasteiger partial charge in [-0.05, 0) is 37.1 Å². The zero-order valence-corrected chi connectivity index (χ0v) is 21.0. The molecule has 0 saturated carbocycles. The van der Waals surface area contributed by atoms with E-state index in [1.807, 2.05) is 31.2 Å². The highest BCUT2D eigenvalue weighted by molar-refractivity contribution is 8.15. The highest BCUT2D eigenvalue weighted by atomic mass is 32.2. The zero-order valence-electron chi connectivity index (χ0n) is 20.2. The molecule has 0 fully saturated rings. The van der Waals surface area contributed by atoms with Crippen LogP contribution in [0.5, 0.6) is 0 Å². The molecule has 3 amide bonds. The quantitative estimate of drug-likeness (QED) is 0.447. The molecule has 0 unspecified atom stereocenters. The summed E-state index contributed by atoms with van der Waals surface area (Å²) in [6.07, 6.45) is 2.69. The van der Waals surface area contributed by atoms with Gasteiger partial charge in [0.05, 0.1) is 30.2 Å². The highest BCUT2D eigenvalue weighted by Crippen LogP contribution is 2.35. The van der Waals surface area contributed by atoms with Gasteiger partial charge in [0.15, 0.2) is 5.17 Å². The largest absolute Gasteiger partial charge is 0.467 e. The predicted octanol–water partition coefficient (Wildman–Crippen LogP) is 2.61. The molecular formula is C25H29N5O5S. The van der Waals surface area contributed by atoms with Crippen LogP contribution < -0.4 is 10.6 Å². The molecule has 0 radical (unpaired) electrons. The topological polar surface area (TPSA) is 126 Å². The first-order valence-corrected chi connectivity index (χ1v) is 12.7. The van der Waals surface area contributed by atoms with Crippen LogP contribution in [0.1, 0.15) is 37.5 Å². The van der Waals surface area contributed by atoms with Crippen LogP contribution >= 0.6 is 11.8 Å². The monoisotopic (exact) mass is 511 g/mol. The summed E-state index contributed by atoms with van der Waals surface area (Å²) < 4.78 is 10.3. The van der Waals surface area contributed by atoms with E-state index < -0.39 is 11.3 Å². The van der Waals surface area contributed by atoms with E-state index >= 15 is 0 Å². The maximum absolute atomic E-state index is 13.4. The van der Waals surface area contributed by atoms with Gasteiger partial charge in [-0.2, -0.15) is 0 Å². The minimum absolute atomic E-state index is 0.100. The number of fused-ring (bicyclic) bond motifs is 3. The molecule has 1 aromatic carbocycles. The number of benzene rings is 1. The molecule has 1 aromatic heterocycles. The number of thioether (sulfide) groups is 1. The summed E-state index contributed by atoms with van der Waals surface area (Å²) in [7, 11) is 1.62. The van der Waals surface area contributed by atoms with Crippen LogP contribution in [0.15, 0.2) is 57.1 Å². The number of nitrogens with zero attached hydrogens (tertiary/aromatic N) is 3. The summed E-state index contributed by atoms with van der Waals surface area (Å²) >= 11 is 1.23. The Labute approximate surface area is 213 Å². The van der Waals surface area contributed by atoms with Crippen molar-refractivity contribution in [2.24, 2.45) is 9.98 Å². The normalized spacial score (nSPS) is 17.1. The first-order chi connectivity index (χ1) is 17.5. The number of ether oxygens (including phenoxy) is 1. The highest BCUT2D eigenvalue weighted by Gasteiger charge is 2.43. The molecule has 2 aromatic rings. The summed E-state index contributed by atoms with van der Waals surface area (Å²) in [4.78, 5) is 49.5. The lowest BCUT2D eigenvalue weighted by atomic mass is 10.1. The zero-order chi connectivity index (χ0) is 25.5. The van der Waals surface area contributed by atoms with Gasteiger partial charge < -0.3 is 19.8 Å². The Balaban J connectivity index is 1.49. The van der Waals surface area contributed by atoms with E-state index in [1.165, 1.54) is 22.9 Å². The predicted molar refractivity (Wildman–Crippen MR) is 137 cm³/mol. The Bertz CT molecular complexity index is 1160. The number of para-hydroxylation sites is 1. The van der Waals surface area contributed by atoms with Crippen molar-refractivity contribution < 1.29 is 23.5 Å². The fourth-order valence-corrected chi connectivity index (χ4v) is 4.90. The molecule has 2 aliphatic rings. The van der Waals surface area contributed by atoms with E-state index in [0.29, 0.717) is 54.0 Å². The smallest absolute Gasteiger partial charge is 0.259 e. The Kier molecular flexibility index (Phi) is 8.55. The number of carbonyl (C=O) groups excluding carboxylic acids is 3. The van der Waals surface area contributed by atoms with Crippen molar-refractivity contribution in [3.63, 3.8) is 0 Å². The van der Waals surface area contributed by atoms with E-state index in [2.05, 4.69) is 15.6 Å². The maximum atomic E-state index is 13.4. The molecule has 0 aliphatic carbocycles. The van der Waals surface area contributed by atoms with Gasteiger partial charge in [0, 0.05) is 25.8 Å². The SMILES string of the molecule is CC[C@@H](SC1=Nc2ccccc2C2=N[C@H](CC(=O)NCc3ccco3)C(=O)N12)C(=O)NCCCOC. The summed E-state index contributed by atoms with van der Waals surface area (Å²) in [6.45, 7) is 3.21. The van der Waals surface area contributed by atoms with E-state index in [-0.39, 0.29) is 30.7 Å². The third-order valence-corrected chi connectivity index (χ3v) is 7.02. The fourth-order valence-electron chi connectivity index (χ4n) is 3.85. The molecule has 0 spiro atoms. The average molecular weight is 512 g/mol. The minimum atomic E-state index is -0.878. The average Bonchev–Trinajstić information content (AvgIpc) is 3.52. The Morgan fingerprint density at radius 2 is 2.06 bits per heavy atom. The summed E-state index contributed by atoms with van der Waals surface area (Å²) in [6, 6.07) is 10.0. The van der Waals surface area contributed by atoms with E-state index in [1.54, 1.807) is 19.2 Å². The third-order valence-electron chi connectivity index (χ3n) is 5.70. The number of amidine groups is 2. The van der Waals surface area contributed by atoms with Gasteiger partial charge in [0.1, 0.15) is 17.6 Å². The lowest BCUT2D eigenvalue weighted by Gasteiger charge is -2.27. The van der Waals surface area contributed by atoms with Gasteiger partial charge >= 0.3 is 0 Å². The van der Waals surface area contributed by atoms with Crippen LogP contribution in [0.25, 0.3) is 0 Å². The standard InChI is InChI=1S/C25H29N5O5S/c1-3-20(23(32)26-11-7-12-34-2)36-25-29-18-10-5-4-9-17(18)22-28-19(24(33)30(22)25)14-21(31)27-15-16-8-6-13-35-16/h4-6,8-10,13,19-20H,3,7,11-12,14-15H2,1-2H3,(H,26,32)(H,27,31)/t19-,20-/m1/s1. The number of amides is 3. The van der Waals surface area contributed by atoms with Gasteiger partial charge in [-0.15, -0.1) is 0 Å². The molecule has 2 aliphatic heterocycles. The third kappa shape index (κ3) is 5.85. The molecule has 2 atom stereocenters. The number of methoxy groups -OCH3 is 1. The number of rotatable bonds is 11. The minimum Gasteiger partial charge on any atom is -0.467 e. The second-order valence-electron chi connectivity index (χ2n) is 8.27. The molecule has 36 heavy (non-hydrogen) atoms. The van der Waals surface area contributed by atoms with E-state index in [4.69, 9.17) is 14.1 Å². The molecule has 4 rings (SSSR count). The molecule has 10 nitrogen and oxygen atoms in total. The molecule has 0 bridgehead atoms. The van der Waals surface area contributed by atoms with Crippen molar-refractivity contribution in [2.45, 2.75) is 44.0 Å². The maximum Gasteiger partial charge on any atom is 0.259 e. The van der Waals surface area contributed by atoms with Crippen molar-refractivity contribution >= 4 is 46.2 Å². The van der Waals surface area contributed by atoms with Crippen LogP contribution in [0, 0.1) is 0 Å². The van der Waals surface area contributed by atoms with Crippen molar-refractivity contribution in [1.29, 1.82) is 0 Å². The van der Waals surface area contributed by atoms with Gasteiger partial charge in [-0.25, -0.2) is 9.89 Å². The Hall–Kier alpha value is -3.44. The molecule has 2 N–H and O–H groups in total. The Morgan fingerprint density at radius 1 is 1.22 bits per heavy atom. The molecule has 11 heteroatoms. The van der Waals surface area contributed by atoms with Crippen molar-refractivity contribution in [3.8, 4) is 0 Å². The lowest BCUT2D eigenvalue weighted by molar-refractivity contribution is -0.128. The lowest BCUT2D eigenvalue weighted by Crippen LogP contribution is -2.44. The van der Waals surface area contributed by atoms with Crippen LogP contribution in [0.3, 0.4) is 0 Å². The molecule has 190 valence electrons. The second kappa shape index (κ2) is 12.0. The summed E-state index contributed by atoms with van der Waals surface area (Å²) in [5.74, 6) is 0.298. The van der Waals surface area contributed by atoms with Crippen molar-refractivity contribution in [3.05, 3.63) is 54.0 Å².